The molecule has 0 spiro atoms. The van der Waals surface area contributed by atoms with Gasteiger partial charge in [-0.25, -0.2) is 0 Å². The second kappa shape index (κ2) is 5.76. The summed E-state index contributed by atoms with van der Waals surface area (Å²) in [7, 11) is 2.05. The van der Waals surface area contributed by atoms with Gasteiger partial charge in [0.2, 0.25) is 0 Å². The third kappa shape index (κ3) is 3.17. The lowest BCUT2D eigenvalue weighted by Crippen LogP contribution is -2.10. The van der Waals surface area contributed by atoms with Crippen LogP contribution in [0.2, 0.25) is 0 Å². The molecule has 19 heavy (non-hydrogen) atoms. The predicted molar refractivity (Wildman–Crippen MR) is 84.0 cm³/mol. The summed E-state index contributed by atoms with van der Waals surface area (Å²) in [6.07, 6.45) is 0. The third-order valence-electron chi connectivity index (χ3n) is 3.19. The van der Waals surface area contributed by atoms with Gasteiger partial charge in [-0.1, -0.05) is 28.1 Å². The fourth-order valence-corrected chi connectivity index (χ4v) is 2.66. The molecule has 0 unspecified atom stereocenters. The van der Waals surface area contributed by atoms with Crippen molar-refractivity contribution in [1.82, 2.24) is 0 Å². The van der Waals surface area contributed by atoms with Gasteiger partial charge in [0.25, 0.3) is 0 Å². The van der Waals surface area contributed by atoms with E-state index in [1.807, 2.05) is 18.2 Å². The van der Waals surface area contributed by atoms with Gasteiger partial charge in [0.05, 0.1) is 6.61 Å². The number of halogens is 1. The number of anilines is 2. The maximum Gasteiger partial charge on any atom is 0.0692 e. The summed E-state index contributed by atoms with van der Waals surface area (Å²) in [5.74, 6) is 0. The molecule has 0 saturated heterocycles. The molecule has 0 radical (unpaired) electrons. The van der Waals surface area contributed by atoms with E-state index in [1.165, 1.54) is 16.8 Å². The van der Waals surface area contributed by atoms with Crippen LogP contribution in [0.1, 0.15) is 16.7 Å². The first kappa shape index (κ1) is 14.1. The summed E-state index contributed by atoms with van der Waals surface area (Å²) in [4.78, 5) is 2.14. The number of aliphatic hydroxyl groups excluding tert-OH is 1. The van der Waals surface area contributed by atoms with E-state index in [9.17, 15) is 5.11 Å². The van der Waals surface area contributed by atoms with Crippen LogP contribution in [0.5, 0.6) is 0 Å². The van der Waals surface area contributed by atoms with Gasteiger partial charge < -0.3 is 10.0 Å². The molecule has 0 atom stereocenters. The van der Waals surface area contributed by atoms with Crippen molar-refractivity contribution in [3.63, 3.8) is 0 Å². The molecule has 0 aliphatic carbocycles. The molecule has 2 aromatic carbocycles. The zero-order valence-corrected chi connectivity index (χ0v) is 13.0. The zero-order valence-electron chi connectivity index (χ0n) is 11.4. The SMILES string of the molecule is Cc1cc(C)cc(N(C)c2ccc(CO)c(Br)c2)c1. The minimum Gasteiger partial charge on any atom is -0.392 e. The van der Waals surface area contributed by atoms with Crippen molar-refractivity contribution in [2.75, 3.05) is 11.9 Å². The van der Waals surface area contributed by atoms with Crippen LogP contribution in [0.3, 0.4) is 0 Å². The van der Waals surface area contributed by atoms with Gasteiger partial charge in [-0.05, 0) is 54.8 Å². The number of hydrogen-bond donors (Lipinski definition) is 1. The van der Waals surface area contributed by atoms with Crippen LogP contribution in [-0.2, 0) is 6.61 Å². The van der Waals surface area contributed by atoms with Crippen LogP contribution in [0.4, 0.5) is 11.4 Å². The number of rotatable bonds is 3. The normalized spacial score (nSPS) is 10.6. The summed E-state index contributed by atoms with van der Waals surface area (Å²) in [5.41, 5.74) is 5.67. The molecule has 2 nitrogen and oxygen atoms in total. The van der Waals surface area contributed by atoms with Crippen molar-refractivity contribution in [2.24, 2.45) is 0 Å². The fraction of sp³-hybridized carbons (Fsp3) is 0.250. The highest BCUT2D eigenvalue weighted by atomic mass is 79.9. The average molecular weight is 320 g/mol. The molecule has 100 valence electrons. The van der Waals surface area contributed by atoms with Gasteiger partial charge >= 0.3 is 0 Å². The molecular weight excluding hydrogens is 302 g/mol. The van der Waals surface area contributed by atoms with E-state index in [0.717, 1.165) is 15.7 Å². The van der Waals surface area contributed by atoms with Crippen molar-refractivity contribution in [2.45, 2.75) is 20.5 Å². The molecule has 2 rings (SSSR count). The highest BCUT2D eigenvalue weighted by Crippen LogP contribution is 2.29. The Labute approximate surface area is 122 Å². The topological polar surface area (TPSA) is 23.5 Å². The Kier molecular flexibility index (Phi) is 4.27. The number of hydrogen-bond acceptors (Lipinski definition) is 2. The van der Waals surface area contributed by atoms with E-state index < -0.39 is 0 Å². The van der Waals surface area contributed by atoms with Crippen molar-refractivity contribution >= 4 is 27.3 Å². The van der Waals surface area contributed by atoms with E-state index in [0.29, 0.717) is 0 Å². The summed E-state index contributed by atoms with van der Waals surface area (Å²) >= 11 is 3.49. The molecule has 1 N–H and O–H groups in total. The number of benzene rings is 2. The van der Waals surface area contributed by atoms with Gasteiger partial charge in [0.1, 0.15) is 0 Å². The van der Waals surface area contributed by atoms with E-state index in [-0.39, 0.29) is 6.61 Å². The van der Waals surface area contributed by atoms with Crippen molar-refractivity contribution in [1.29, 1.82) is 0 Å². The largest absolute Gasteiger partial charge is 0.392 e. The summed E-state index contributed by atoms with van der Waals surface area (Å²) in [6, 6.07) is 12.5. The Hall–Kier alpha value is -1.32. The highest BCUT2D eigenvalue weighted by Gasteiger charge is 2.07. The molecule has 0 amide bonds. The Bertz CT molecular complexity index is 575. The van der Waals surface area contributed by atoms with Crippen LogP contribution >= 0.6 is 15.9 Å². The van der Waals surface area contributed by atoms with Gasteiger partial charge in [-0.2, -0.15) is 0 Å². The Morgan fingerprint density at radius 1 is 1.00 bits per heavy atom. The lowest BCUT2D eigenvalue weighted by atomic mass is 10.1. The minimum atomic E-state index is 0.0497. The van der Waals surface area contributed by atoms with Gasteiger partial charge in [-0.3, -0.25) is 0 Å². The zero-order chi connectivity index (χ0) is 14.0. The molecule has 0 aliphatic heterocycles. The van der Waals surface area contributed by atoms with Crippen LogP contribution in [0.15, 0.2) is 40.9 Å². The summed E-state index contributed by atoms with van der Waals surface area (Å²) < 4.78 is 0.934. The van der Waals surface area contributed by atoms with Crippen molar-refractivity contribution < 1.29 is 5.11 Å². The maximum atomic E-state index is 9.19. The quantitative estimate of drug-likeness (QED) is 0.910. The van der Waals surface area contributed by atoms with Gasteiger partial charge in [0, 0.05) is 22.9 Å². The fourth-order valence-electron chi connectivity index (χ4n) is 2.17. The molecule has 0 fully saturated rings. The van der Waals surface area contributed by atoms with Crippen LogP contribution in [-0.4, -0.2) is 12.2 Å². The molecule has 0 saturated carbocycles. The van der Waals surface area contributed by atoms with E-state index >= 15 is 0 Å². The van der Waals surface area contributed by atoms with E-state index in [4.69, 9.17) is 0 Å². The molecule has 0 aliphatic rings. The van der Waals surface area contributed by atoms with Crippen LogP contribution < -0.4 is 4.90 Å². The first-order chi connectivity index (χ1) is 9.01. The Balaban J connectivity index is 2.38. The van der Waals surface area contributed by atoms with Crippen LogP contribution in [0.25, 0.3) is 0 Å². The Morgan fingerprint density at radius 3 is 2.16 bits per heavy atom. The Morgan fingerprint density at radius 2 is 1.63 bits per heavy atom. The molecule has 0 heterocycles. The molecule has 2 aromatic rings. The minimum absolute atomic E-state index is 0.0497. The smallest absolute Gasteiger partial charge is 0.0692 e. The first-order valence-corrected chi connectivity index (χ1v) is 7.02. The lowest BCUT2D eigenvalue weighted by molar-refractivity contribution is 0.281. The van der Waals surface area contributed by atoms with Gasteiger partial charge in [-0.15, -0.1) is 0 Å². The second-order valence-corrected chi connectivity index (χ2v) is 5.69. The maximum absolute atomic E-state index is 9.19. The number of aliphatic hydroxyl groups is 1. The molecular formula is C16H18BrNO. The molecule has 3 heteroatoms. The highest BCUT2D eigenvalue weighted by molar-refractivity contribution is 9.10. The monoisotopic (exact) mass is 319 g/mol. The first-order valence-electron chi connectivity index (χ1n) is 6.22. The van der Waals surface area contributed by atoms with Crippen molar-refractivity contribution in [3.05, 3.63) is 57.6 Å². The average Bonchev–Trinajstić information content (AvgIpc) is 2.36. The summed E-state index contributed by atoms with van der Waals surface area (Å²) in [6.45, 7) is 4.26. The number of nitrogens with zero attached hydrogens (tertiary/aromatic N) is 1. The molecule has 0 bridgehead atoms. The van der Waals surface area contributed by atoms with E-state index in [2.05, 4.69) is 59.9 Å². The number of aryl methyl sites for hydroxylation is 2. The summed E-state index contributed by atoms with van der Waals surface area (Å²) in [5, 5.41) is 9.19. The van der Waals surface area contributed by atoms with Crippen molar-refractivity contribution in [3.8, 4) is 0 Å². The van der Waals surface area contributed by atoms with Crippen LogP contribution in [0, 0.1) is 13.8 Å². The molecule has 0 aromatic heterocycles. The standard InChI is InChI=1S/C16H18BrNO/c1-11-6-12(2)8-15(7-11)18(3)14-5-4-13(10-19)16(17)9-14/h4-9,19H,10H2,1-3H3. The van der Waals surface area contributed by atoms with E-state index in [1.54, 1.807) is 0 Å². The second-order valence-electron chi connectivity index (χ2n) is 4.84. The third-order valence-corrected chi connectivity index (χ3v) is 3.93. The predicted octanol–water partition coefficient (Wildman–Crippen LogP) is 4.33. The lowest BCUT2D eigenvalue weighted by Gasteiger charge is -2.21. The van der Waals surface area contributed by atoms with Gasteiger partial charge in [0.15, 0.2) is 0 Å².